The Morgan fingerprint density at radius 1 is 1.31 bits per heavy atom. The first kappa shape index (κ1) is 10.7. The van der Waals surface area contributed by atoms with Gasteiger partial charge < -0.3 is 0 Å². The zero-order valence-corrected chi connectivity index (χ0v) is 10.8. The monoisotopic (exact) mass is 264 g/mol. The van der Waals surface area contributed by atoms with Gasteiger partial charge in [-0.2, -0.15) is 0 Å². The van der Waals surface area contributed by atoms with E-state index in [1.807, 2.05) is 0 Å². The SMILES string of the molecule is [Li][CH]1C2=C(C=CCC2=CBr)c2ccccc21. The zero-order valence-electron chi connectivity index (χ0n) is 9.20. The Hall–Kier alpha value is -0.483. The van der Waals surface area contributed by atoms with E-state index in [-0.39, 0.29) is 0 Å². The molecule has 0 heterocycles. The second-order valence-electron chi connectivity index (χ2n) is 4.38. The van der Waals surface area contributed by atoms with E-state index in [2.05, 4.69) is 75.0 Å². The predicted octanol–water partition coefficient (Wildman–Crippen LogP) is 3.90. The van der Waals surface area contributed by atoms with Crippen molar-refractivity contribution in [3.8, 4) is 0 Å². The number of fused-ring (bicyclic) bond motifs is 2. The topological polar surface area (TPSA) is 0 Å². The summed E-state index contributed by atoms with van der Waals surface area (Å²) in [5.74, 6) is 0. The molecule has 1 atom stereocenters. The molecule has 1 unspecified atom stereocenters. The van der Waals surface area contributed by atoms with Gasteiger partial charge in [-0.15, -0.1) is 0 Å². The quantitative estimate of drug-likeness (QED) is 0.624. The predicted molar refractivity (Wildman–Crippen MR) is 72.6 cm³/mol. The van der Waals surface area contributed by atoms with Gasteiger partial charge in [0, 0.05) is 0 Å². The summed E-state index contributed by atoms with van der Waals surface area (Å²) in [6.07, 6.45) is 5.57. The van der Waals surface area contributed by atoms with Crippen molar-refractivity contribution >= 4 is 39.2 Å². The molecule has 0 saturated heterocycles. The third kappa shape index (κ3) is 1.43. The molecule has 0 fully saturated rings. The average Bonchev–Trinajstić information content (AvgIpc) is 2.64. The first-order chi connectivity index (χ1) is 7.83. The summed E-state index contributed by atoms with van der Waals surface area (Å²) in [6, 6.07) is 8.74. The molecule has 3 rings (SSSR count). The van der Waals surface area contributed by atoms with Gasteiger partial charge in [0.15, 0.2) is 0 Å². The summed E-state index contributed by atoms with van der Waals surface area (Å²) in [5, 5.41) is 0. The third-order valence-electron chi connectivity index (χ3n) is 3.54. The molecule has 1 aromatic carbocycles. The standard InChI is InChI=1S/C14H10Br.Li/c15-9-11-5-3-7-13-12-6-2-1-4-10(12)8-14(11)13;/h1-4,6-9H,5H2;. The van der Waals surface area contributed by atoms with Crippen LogP contribution in [0.2, 0.25) is 0 Å². The maximum atomic E-state index is 3.49. The molecule has 0 saturated carbocycles. The van der Waals surface area contributed by atoms with Gasteiger partial charge in [-0.1, -0.05) is 0 Å². The summed E-state index contributed by atoms with van der Waals surface area (Å²) in [6.45, 7) is 0. The van der Waals surface area contributed by atoms with Crippen LogP contribution in [0.3, 0.4) is 0 Å². The van der Waals surface area contributed by atoms with Crippen molar-refractivity contribution in [2.45, 2.75) is 11.0 Å². The molecule has 0 bridgehead atoms. The van der Waals surface area contributed by atoms with Crippen LogP contribution in [0.25, 0.3) is 5.57 Å². The van der Waals surface area contributed by atoms with Crippen LogP contribution in [-0.4, -0.2) is 17.7 Å². The first-order valence-electron chi connectivity index (χ1n) is 5.62. The normalized spacial score (nSPS) is 24.9. The van der Waals surface area contributed by atoms with Gasteiger partial charge in [0.25, 0.3) is 0 Å². The number of allylic oxidation sites excluding steroid dienone is 5. The van der Waals surface area contributed by atoms with Crippen molar-refractivity contribution in [1.82, 2.24) is 0 Å². The van der Waals surface area contributed by atoms with Gasteiger partial charge in [-0.05, 0) is 0 Å². The molecule has 74 valence electrons. The van der Waals surface area contributed by atoms with E-state index in [0.717, 1.165) is 6.42 Å². The molecular weight excluding hydrogens is 255 g/mol. The number of halogens is 1. The maximum absolute atomic E-state index is 3.49. The van der Waals surface area contributed by atoms with Crippen molar-refractivity contribution in [2.24, 2.45) is 0 Å². The summed E-state index contributed by atoms with van der Waals surface area (Å²) >= 11 is 5.79. The van der Waals surface area contributed by atoms with Crippen molar-refractivity contribution in [3.05, 3.63) is 63.7 Å². The number of benzene rings is 1. The van der Waals surface area contributed by atoms with Crippen LogP contribution >= 0.6 is 15.9 Å². The van der Waals surface area contributed by atoms with E-state index < -0.39 is 0 Å². The Morgan fingerprint density at radius 3 is 2.94 bits per heavy atom. The Labute approximate surface area is 113 Å². The first-order valence-corrected chi connectivity index (χ1v) is 6.54. The molecule has 2 aliphatic carbocycles. The second kappa shape index (κ2) is 4.07. The van der Waals surface area contributed by atoms with Crippen molar-refractivity contribution in [1.29, 1.82) is 0 Å². The van der Waals surface area contributed by atoms with Crippen LogP contribution in [0.4, 0.5) is 0 Å². The molecule has 0 aromatic heterocycles. The molecule has 16 heavy (non-hydrogen) atoms. The van der Waals surface area contributed by atoms with Gasteiger partial charge in [-0.3, -0.25) is 0 Å². The molecule has 1 aromatic rings. The molecule has 0 N–H and O–H groups in total. The molecule has 0 nitrogen and oxygen atoms in total. The van der Waals surface area contributed by atoms with Gasteiger partial charge >= 0.3 is 114 Å². The van der Waals surface area contributed by atoms with Gasteiger partial charge in [0.1, 0.15) is 0 Å². The van der Waals surface area contributed by atoms with Gasteiger partial charge in [-0.25, -0.2) is 0 Å². The van der Waals surface area contributed by atoms with Crippen LogP contribution in [0.1, 0.15) is 22.1 Å². The molecule has 0 aliphatic heterocycles. The number of hydrogen-bond donors (Lipinski definition) is 0. The van der Waals surface area contributed by atoms with E-state index >= 15 is 0 Å². The zero-order chi connectivity index (χ0) is 11.1. The molecule has 2 aliphatic rings. The number of rotatable bonds is 0. The Morgan fingerprint density at radius 2 is 2.12 bits per heavy atom. The van der Waals surface area contributed by atoms with Crippen LogP contribution in [-0.2, 0) is 0 Å². The van der Waals surface area contributed by atoms with Crippen molar-refractivity contribution in [2.75, 3.05) is 0 Å². The summed E-state index contributed by atoms with van der Waals surface area (Å²) in [4.78, 5) is 2.08. The van der Waals surface area contributed by atoms with Crippen LogP contribution in [0, 0.1) is 0 Å². The number of hydrogen-bond acceptors (Lipinski definition) is 0. The molecular formula is C14H10BrLi. The molecule has 0 amide bonds. The van der Waals surface area contributed by atoms with E-state index in [1.54, 1.807) is 0 Å². The Balaban J connectivity index is 2.25. The molecule has 2 heteroatoms. The Kier molecular flexibility index (Phi) is 2.71. The molecule has 0 spiro atoms. The van der Waals surface area contributed by atoms with Crippen molar-refractivity contribution < 1.29 is 0 Å². The summed E-state index contributed by atoms with van der Waals surface area (Å²) in [7, 11) is 0. The van der Waals surface area contributed by atoms with Gasteiger partial charge in [0.2, 0.25) is 0 Å². The average molecular weight is 265 g/mol. The van der Waals surface area contributed by atoms with E-state index in [1.165, 1.54) is 27.8 Å². The van der Waals surface area contributed by atoms with E-state index in [4.69, 9.17) is 0 Å². The Bertz CT molecular complexity index is 537. The van der Waals surface area contributed by atoms with Crippen molar-refractivity contribution in [3.63, 3.8) is 0 Å². The summed E-state index contributed by atoms with van der Waals surface area (Å²) in [5.41, 5.74) is 7.21. The van der Waals surface area contributed by atoms with Crippen LogP contribution < -0.4 is 0 Å². The van der Waals surface area contributed by atoms with E-state index in [9.17, 15) is 0 Å². The fraction of sp³-hybridized carbons (Fsp3) is 0.143. The third-order valence-corrected chi connectivity index (χ3v) is 4.09. The van der Waals surface area contributed by atoms with E-state index in [0.29, 0.717) is 4.59 Å². The van der Waals surface area contributed by atoms with Crippen LogP contribution in [0.15, 0.2) is 52.5 Å². The minimum atomic E-state index is 0.528. The second-order valence-corrected chi connectivity index (χ2v) is 4.83. The van der Waals surface area contributed by atoms with Gasteiger partial charge in [0.05, 0.1) is 0 Å². The van der Waals surface area contributed by atoms with Crippen LogP contribution in [0.5, 0.6) is 0 Å². The molecule has 0 radical (unpaired) electrons. The summed E-state index contributed by atoms with van der Waals surface area (Å²) < 4.78 is 0.528. The fourth-order valence-electron chi connectivity index (χ4n) is 2.80. The fourth-order valence-corrected chi connectivity index (χ4v) is 3.23. The minimum absolute atomic E-state index is 0.528.